The monoisotopic (exact) mass is 298 g/mol. The summed E-state index contributed by atoms with van der Waals surface area (Å²) < 4.78 is 5.39. The molecular weight excluding hydrogens is 280 g/mol. The van der Waals surface area contributed by atoms with Gasteiger partial charge in [0.25, 0.3) is 5.95 Å². The Labute approximate surface area is 129 Å². The van der Waals surface area contributed by atoms with Crippen LogP contribution in [0.4, 0.5) is 11.8 Å². The highest BCUT2D eigenvalue weighted by Gasteiger charge is 2.28. The third-order valence-corrected chi connectivity index (χ3v) is 3.81. The minimum Gasteiger partial charge on any atom is -0.355 e. The maximum absolute atomic E-state index is 9.23. The van der Waals surface area contributed by atoms with Gasteiger partial charge in [-0.05, 0) is 30.1 Å². The maximum atomic E-state index is 9.23. The summed E-state index contributed by atoms with van der Waals surface area (Å²) in [5.41, 5.74) is 0.600. The molecule has 3 rings (SSSR count). The Kier molecular flexibility index (Phi) is 3.92. The van der Waals surface area contributed by atoms with Gasteiger partial charge in [0.05, 0.1) is 11.5 Å². The molecule has 0 N–H and O–H groups in total. The molecule has 0 aromatic carbocycles. The van der Waals surface area contributed by atoms with Crippen molar-refractivity contribution in [2.45, 2.75) is 18.8 Å². The fourth-order valence-corrected chi connectivity index (χ4v) is 2.68. The van der Waals surface area contributed by atoms with Gasteiger partial charge in [0.15, 0.2) is 0 Å². The smallest absolute Gasteiger partial charge is 0.265 e. The van der Waals surface area contributed by atoms with E-state index in [2.05, 4.69) is 26.1 Å². The lowest BCUT2D eigenvalue weighted by molar-refractivity contribution is 0.332. The van der Waals surface area contributed by atoms with Crippen molar-refractivity contribution in [1.82, 2.24) is 15.1 Å². The first kappa shape index (κ1) is 14.3. The highest BCUT2D eigenvalue weighted by atomic mass is 16.5. The highest BCUT2D eigenvalue weighted by molar-refractivity contribution is 5.53. The number of nitrogens with zero attached hydrogens (tertiary/aromatic N) is 6. The van der Waals surface area contributed by atoms with Crippen molar-refractivity contribution in [3.8, 4) is 6.07 Å². The molecule has 7 heteroatoms. The topological polar surface area (TPSA) is 82.1 Å². The molecule has 3 heterocycles. The zero-order valence-electron chi connectivity index (χ0n) is 12.7. The van der Waals surface area contributed by atoms with Crippen LogP contribution in [0.2, 0.25) is 0 Å². The van der Waals surface area contributed by atoms with Crippen LogP contribution in [0.15, 0.2) is 22.9 Å². The summed E-state index contributed by atoms with van der Waals surface area (Å²) in [4.78, 5) is 12.8. The molecule has 2 aromatic heterocycles. The van der Waals surface area contributed by atoms with Gasteiger partial charge in [0.1, 0.15) is 11.9 Å². The normalized spacial score (nSPS) is 18.0. The summed E-state index contributed by atoms with van der Waals surface area (Å²) in [6.07, 6.45) is 3.72. The molecule has 1 atom stereocenters. The van der Waals surface area contributed by atoms with Gasteiger partial charge < -0.3 is 14.3 Å². The van der Waals surface area contributed by atoms with Gasteiger partial charge in [0, 0.05) is 33.4 Å². The van der Waals surface area contributed by atoms with Crippen LogP contribution < -0.4 is 9.80 Å². The fraction of sp³-hybridized carbons (Fsp3) is 0.467. The van der Waals surface area contributed by atoms with Gasteiger partial charge in [-0.1, -0.05) is 0 Å². The molecule has 1 aliphatic rings. The van der Waals surface area contributed by atoms with Gasteiger partial charge in [0.2, 0.25) is 5.89 Å². The second-order valence-corrected chi connectivity index (χ2v) is 5.60. The van der Waals surface area contributed by atoms with Crippen LogP contribution in [0.5, 0.6) is 0 Å². The van der Waals surface area contributed by atoms with E-state index < -0.39 is 0 Å². The summed E-state index contributed by atoms with van der Waals surface area (Å²) in [5, 5.41) is 13.2. The number of rotatable bonds is 3. The number of anilines is 2. The van der Waals surface area contributed by atoms with Crippen molar-refractivity contribution < 1.29 is 4.52 Å². The fourth-order valence-electron chi connectivity index (χ4n) is 2.68. The molecule has 0 radical (unpaired) electrons. The van der Waals surface area contributed by atoms with E-state index in [0.717, 1.165) is 31.7 Å². The molecule has 1 fully saturated rings. The van der Waals surface area contributed by atoms with E-state index in [9.17, 15) is 5.26 Å². The molecule has 0 saturated carbocycles. The van der Waals surface area contributed by atoms with Crippen molar-refractivity contribution in [3.63, 3.8) is 0 Å². The largest absolute Gasteiger partial charge is 0.355 e. The van der Waals surface area contributed by atoms with Crippen LogP contribution in [0.1, 0.15) is 30.2 Å². The van der Waals surface area contributed by atoms with Crippen LogP contribution in [0.3, 0.4) is 0 Å². The lowest BCUT2D eigenvalue weighted by atomic mass is 9.97. The van der Waals surface area contributed by atoms with Crippen molar-refractivity contribution >= 4 is 11.8 Å². The minimum absolute atomic E-state index is 0.170. The lowest BCUT2D eigenvalue weighted by Gasteiger charge is -2.32. The number of aromatic nitrogens is 3. The summed E-state index contributed by atoms with van der Waals surface area (Å²) >= 11 is 0. The van der Waals surface area contributed by atoms with E-state index in [1.807, 2.05) is 19.0 Å². The van der Waals surface area contributed by atoms with E-state index in [0.29, 0.717) is 17.4 Å². The number of hydrogen-bond acceptors (Lipinski definition) is 7. The van der Waals surface area contributed by atoms with Gasteiger partial charge in [-0.15, -0.1) is 0 Å². The van der Waals surface area contributed by atoms with Crippen molar-refractivity contribution in [1.29, 1.82) is 5.26 Å². The van der Waals surface area contributed by atoms with Gasteiger partial charge >= 0.3 is 0 Å². The first-order valence-electron chi connectivity index (χ1n) is 7.30. The zero-order chi connectivity index (χ0) is 15.5. The summed E-state index contributed by atoms with van der Waals surface area (Å²) in [6.45, 7) is 1.62. The number of hydrogen-bond donors (Lipinski definition) is 0. The SMILES string of the molecule is CN(C)c1noc([C@H]2CCCN(c3ncccc3C#N)C2)n1. The lowest BCUT2D eigenvalue weighted by Crippen LogP contribution is -2.35. The molecule has 0 bridgehead atoms. The Bertz CT molecular complexity index is 689. The molecule has 0 unspecified atom stereocenters. The summed E-state index contributed by atoms with van der Waals surface area (Å²) in [6, 6.07) is 5.78. The predicted octanol–water partition coefficient (Wildman–Crippen LogP) is 1.79. The average molecular weight is 298 g/mol. The van der Waals surface area contributed by atoms with Crippen LogP contribution >= 0.6 is 0 Å². The second-order valence-electron chi connectivity index (χ2n) is 5.60. The van der Waals surface area contributed by atoms with Crippen LogP contribution in [-0.2, 0) is 0 Å². The summed E-state index contributed by atoms with van der Waals surface area (Å²) in [7, 11) is 3.77. The zero-order valence-corrected chi connectivity index (χ0v) is 12.7. The molecule has 1 aliphatic heterocycles. The summed E-state index contributed by atoms with van der Waals surface area (Å²) in [5.74, 6) is 2.15. The van der Waals surface area contributed by atoms with Gasteiger partial charge in [-0.3, -0.25) is 0 Å². The van der Waals surface area contributed by atoms with Crippen molar-refractivity contribution in [2.24, 2.45) is 0 Å². The van der Waals surface area contributed by atoms with Crippen LogP contribution in [0, 0.1) is 11.3 Å². The first-order chi connectivity index (χ1) is 10.7. The molecular formula is C15H18N6O. The Morgan fingerprint density at radius 2 is 2.32 bits per heavy atom. The van der Waals surface area contributed by atoms with E-state index >= 15 is 0 Å². The second kappa shape index (κ2) is 6.02. The number of pyridine rings is 1. The van der Waals surface area contributed by atoms with Crippen LogP contribution in [-0.4, -0.2) is 42.3 Å². The average Bonchev–Trinajstić information content (AvgIpc) is 3.05. The van der Waals surface area contributed by atoms with E-state index in [1.165, 1.54) is 0 Å². The first-order valence-corrected chi connectivity index (χ1v) is 7.30. The Morgan fingerprint density at radius 1 is 1.45 bits per heavy atom. The standard InChI is InChI=1S/C15H18N6O/c1-20(2)15-18-14(22-19-15)12-6-4-8-21(10-12)13-11(9-16)5-3-7-17-13/h3,5,7,12H,4,6,8,10H2,1-2H3/t12-/m0/s1. The molecule has 114 valence electrons. The van der Waals surface area contributed by atoms with E-state index in [-0.39, 0.29) is 5.92 Å². The highest BCUT2D eigenvalue weighted by Crippen LogP contribution is 2.30. The molecule has 7 nitrogen and oxygen atoms in total. The van der Waals surface area contributed by atoms with Crippen LogP contribution in [0.25, 0.3) is 0 Å². The third-order valence-electron chi connectivity index (χ3n) is 3.81. The number of nitriles is 1. The van der Waals surface area contributed by atoms with E-state index in [1.54, 1.807) is 18.3 Å². The molecule has 2 aromatic rings. The van der Waals surface area contributed by atoms with Gasteiger partial charge in [-0.25, -0.2) is 4.98 Å². The maximum Gasteiger partial charge on any atom is 0.265 e. The Hall–Kier alpha value is -2.62. The molecule has 0 spiro atoms. The molecule has 22 heavy (non-hydrogen) atoms. The third kappa shape index (κ3) is 2.72. The number of piperidine rings is 1. The Balaban J connectivity index is 1.80. The quantitative estimate of drug-likeness (QED) is 0.854. The van der Waals surface area contributed by atoms with Gasteiger partial charge in [-0.2, -0.15) is 10.2 Å². The van der Waals surface area contributed by atoms with E-state index in [4.69, 9.17) is 4.52 Å². The molecule has 0 aliphatic carbocycles. The molecule has 0 amide bonds. The predicted molar refractivity (Wildman–Crippen MR) is 81.8 cm³/mol. The minimum atomic E-state index is 0.170. The van der Waals surface area contributed by atoms with Crippen molar-refractivity contribution in [3.05, 3.63) is 29.8 Å². The molecule has 1 saturated heterocycles. The Morgan fingerprint density at radius 3 is 3.05 bits per heavy atom. The van der Waals surface area contributed by atoms with Crippen molar-refractivity contribution in [2.75, 3.05) is 37.0 Å².